The molecule has 0 atom stereocenters. The van der Waals surface area contributed by atoms with Gasteiger partial charge in [-0.05, 0) is 61.8 Å². The number of benzene rings is 2. The number of aryl methyl sites for hydroxylation is 2. The molecule has 0 saturated heterocycles. The Morgan fingerprint density at radius 1 is 0.630 bits per heavy atom. The SMILES string of the molecule is Cc1ccc2c(c1)C(CCCCCBr)(CCCCCBr)c1cc(C)ccc1-2. The van der Waals surface area contributed by atoms with Crippen LogP contribution in [0.25, 0.3) is 11.1 Å². The molecule has 146 valence electrons. The fourth-order valence-electron chi connectivity index (χ4n) is 4.78. The van der Waals surface area contributed by atoms with Gasteiger partial charge >= 0.3 is 0 Å². The zero-order valence-corrected chi connectivity index (χ0v) is 20.0. The number of alkyl halides is 2. The first kappa shape index (κ1) is 21.1. The van der Waals surface area contributed by atoms with Gasteiger partial charge in [0.2, 0.25) is 0 Å². The van der Waals surface area contributed by atoms with E-state index < -0.39 is 0 Å². The number of rotatable bonds is 10. The highest BCUT2D eigenvalue weighted by Crippen LogP contribution is 2.54. The number of fused-ring (bicyclic) bond motifs is 3. The van der Waals surface area contributed by atoms with Crippen LogP contribution in [0, 0.1) is 13.8 Å². The summed E-state index contributed by atoms with van der Waals surface area (Å²) in [4.78, 5) is 0. The summed E-state index contributed by atoms with van der Waals surface area (Å²) in [6.45, 7) is 4.49. The molecule has 27 heavy (non-hydrogen) atoms. The Hall–Kier alpha value is -0.600. The van der Waals surface area contributed by atoms with E-state index in [-0.39, 0.29) is 5.41 Å². The maximum Gasteiger partial charge on any atom is 0.0215 e. The molecule has 0 aromatic heterocycles. The van der Waals surface area contributed by atoms with Gasteiger partial charge < -0.3 is 0 Å². The predicted molar refractivity (Wildman–Crippen MR) is 127 cm³/mol. The van der Waals surface area contributed by atoms with E-state index in [9.17, 15) is 0 Å². The van der Waals surface area contributed by atoms with Gasteiger partial charge in [-0.15, -0.1) is 0 Å². The maximum atomic E-state index is 3.60. The van der Waals surface area contributed by atoms with Crippen LogP contribution >= 0.6 is 31.9 Å². The van der Waals surface area contributed by atoms with Gasteiger partial charge in [-0.25, -0.2) is 0 Å². The Morgan fingerprint density at radius 3 is 1.48 bits per heavy atom. The Morgan fingerprint density at radius 2 is 1.07 bits per heavy atom. The summed E-state index contributed by atoms with van der Waals surface area (Å²) in [6.07, 6.45) is 10.4. The van der Waals surface area contributed by atoms with Crippen molar-refractivity contribution in [2.45, 2.75) is 70.6 Å². The van der Waals surface area contributed by atoms with Crippen LogP contribution in [0.4, 0.5) is 0 Å². The van der Waals surface area contributed by atoms with Crippen molar-refractivity contribution >= 4 is 31.9 Å². The fraction of sp³-hybridized carbons (Fsp3) is 0.520. The van der Waals surface area contributed by atoms with E-state index >= 15 is 0 Å². The Bertz CT molecular complexity index is 697. The highest BCUT2D eigenvalue weighted by Gasteiger charge is 2.42. The molecule has 2 aromatic carbocycles. The minimum absolute atomic E-state index is 0.210. The minimum atomic E-state index is 0.210. The first-order chi connectivity index (χ1) is 13.1. The molecule has 0 amide bonds. The van der Waals surface area contributed by atoms with Crippen molar-refractivity contribution < 1.29 is 0 Å². The highest BCUT2D eigenvalue weighted by molar-refractivity contribution is 9.09. The molecule has 0 N–H and O–H groups in total. The first-order valence-electron chi connectivity index (χ1n) is 10.5. The molecule has 0 nitrogen and oxygen atoms in total. The summed E-state index contributed by atoms with van der Waals surface area (Å²) < 4.78 is 0. The summed E-state index contributed by atoms with van der Waals surface area (Å²) in [5.74, 6) is 0. The van der Waals surface area contributed by atoms with Gasteiger partial charge in [0.05, 0.1) is 0 Å². The van der Waals surface area contributed by atoms with Crippen LogP contribution in [0.5, 0.6) is 0 Å². The van der Waals surface area contributed by atoms with Gasteiger partial charge in [0.1, 0.15) is 0 Å². The van der Waals surface area contributed by atoms with E-state index in [2.05, 4.69) is 82.1 Å². The lowest BCUT2D eigenvalue weighted by Crippen LogP contribution is -2.25. The van der Waals surface area contributed by atoms with Gasteiger partial charge in [-0.1, -0.05) is 105 Å². The molecule has 0 heterocycles. The van der Waals surface area contributed by atoms with Gasteiger partial charge in [-0.2, -0.15) is 0 Å². The third-order valence-electron chi connectivity index (χ3n) is 6.15. The summed E-state index contributed by atoms with van der Waals surface area (Å²) >= 11 is 7.20. The van der Waals surface area contributed by atoms with E-state index in [1.165, 1.54) is 73.6 Å². The van der Waals surface area contributed by atoms with Gasteiger partial charge in [0.15, 0.2) is 0 Å². The molecule has 2 aromatic rings. The molecule has 0 unspecified atom stereocenters. The van der Waals surface area contributed by atoms with E-state index in [0.717, 1.165) is 10.7 Å². The molecular formula is C25H32Br2. The van der Waals surface area contributed by atoms with Crippen molar-refractivity contribution in [2.75, 3.05) is 10.7 Å². The molecular weight excluding hydrogens is 460 g/mol. The van der Waals surface area contributed by atoms with Crippen LogP contribution in [0.3, 0.4) is 0 Å². The largest absolute Gasteiger partial charge is 0.0928 e. The summed E-state index contributed by atoms with van der Waals surface area (Å²) in [7, 11) is 0. The van der Waals surface area contributed by atoms with E-state index in [0.29, 0.717) is 0 Å². The second-order valence-electron chi connectivity index (χ2n) is 8.18. The average molecular weight is 492 g/mol. The molecule has 0 spiro atoms. The van der Waals surface area contributed by atoms with Crippen LogP contribution in [-0.2, 0) is 5.41 Å². The van der Waals surface area contributed by atoms with Crippen LogP contribution in [0.2, 0.25) is 0 Å². The molecule has 0 saturated carbocycles. The molecule has 1 aliphatic carbocycles. The zero-order valence-electron chi connectivity index (χ0n) is 16.8. The van der Waals surface area contributed by atoms with Crippen molar-refractivity contribution in [3.8, 4) is 11.1 Å². The summed E-state index contributed by atoms with van der Waals surface area (Å²) in [6, 6.07) is 14.3. The third kappa shape index (κ3) is 4.53. The first-order valence-corrected chi connectivity index (χ1v) is 12.7. The Labute approximate surface area is 182 Å². The number of unbranched alkanes of at least 4 members (excludes halogenated alkanes) is 4. The maximum absolute atomic E-state index is 3.60. The van der Waals surface area contributed by atoms with E-state index in [1.54, 1.807) is 11.1 Å². The van der Waals surface area contributed by atoms with Gasteiger partial charge in [-0.3, -0.25) is 0 Å². The lowest BCUT2D eigenvalue weighted by molar-refractivity contribution is 0.406. The second kappa shape index (κ2) is 9.74. The number of hydrogen-bond donors (Lipinski definition) is 0. The van der Waals surface area contributed by atoms with Gasteiger partial charge in [0, 0.05) is 16.1 Å². The third-order valence-corrected chi connectivity index (χ3v) is 7.27. The summed E-state index contributed by atoms with van der Waals surface area (Å²) in [5.41, 5.74) is 9.16. The molecule has 3 rings (SSSR count). The lowest BCUT2D eigenvalue weighted by atomic mass is 9.70. The smallest absolute Gasteiger partial charge is 0.0215 e. The van der Waals surface area contributed by atoms with Crippen LogP contribution < -0.4 is 0 Å². The Balaban J connectivity index is 2.03. The number of halogens is 2. The molecule has 0 bridgehead atoms. The molecule has 0 aliphatic heterocycles. The van der Waals surface area contributed by atoms with Crippen molar-refractivity contribution in [3.05, 3.63) is 58.7 Å². The Kier molecular flexibility index (Phi) is 7.62. The quantitative estimate of drug-likeness (QED) is 0.231. The highest BCUT2D eigenvalue weighted by atomic mass is 79.9. The summed E-state index contributed by atoms with van der Waals surface area (Å²) in [5, 5.41) is 2.24. The van der Waals surface area contributed by atoms with Crippen molar-refractivity contribution in [3.63, 3.8) is 0 Å². The average Bonchev–Trinajstić information content (AvgIpc) is 2.92. The van der Waals surface area contributed by atoms with Crippen molar-refractivity contribution in [1.29, 1.82) is 0 Å². The number of hydrogen-bond acceptors (Lipinski definition) is 0. The van der Waals surface area contributed by atoms with Crippen molar-refractivity contribution in [1.82, 2.24) is 0 Å². The second-order valence-corrected chi connectivity index (χ2v) is 9.77. The standard InChI is InChI=1S/C25H32Br2/c1-19-9-11-21-22-12-10-20(2)18-24(22)25(23(21)17-19,13-5-3-7-15-26)14-6-4-8-16-27/h9-12,17-18H,3-8,13-16H2,1-2H3. The molecule has 0 fully saturated rings. The molecule has 2 heteroatoms. The van der Waals surface area contributed by atoms with Crippen LogP contribution in [0.1, 0.15) is 73.6 Å². The lowest BCUT2D eigenvalue weighted by Gasteiger charge is -2.33. The van der Waals surface area contributed by atoms with E-state index in [4.69, 9.17) is 0 Å². The van der Waals surface area contributed by atoms with E-state index in [1.807, 2.05) is 0 Å². The van der Waals surface area contributed by atoms with Gasteiger partial charge in [0.25, 0.3) is 0 Å². The predicted octanol–water partition coefficient (Wildman–Crippen LogP) is 8.48. The molecule has 1 aliphatic rings. The van der Waals surface area contributed by atoms with Crippen LogP contribution in [0.15, 0.2) is 36.4 Å². The zero-order chi connectivity index (χ0) is 19.3. The minimum Gasteiger partial charge on any atom is -0.0928 e. The fourth-order valence-corrected chi connectivity index (χ4v) is 5.58. The topological polar surface area (TPSA) is 0 Å². The van der Waals surface area contributed by atoms with Crippen LogP contribution in [-0.4, -0.2) is 10.7 Å². The monoisotopic (exact) mass is 490 g/mol. The molecule has 0 radical (unpaired) electrons. The van der Waals surface area contributed by atoms with Crippen molar-refractivity contribution in [2.24, 2.45) is 0 Å². The normalized spacial score (nSPS) is 14.2.